The fourth-order valence-electron chi connectivity index (χ4n) is 0.979. The van der Waals surface area contributed by atoms with Gasteiger partial charge in [0.1, 0.15) is 11.5 Å². The van der Waals surface area contributed by atoms with E-state index in [0.717, 1.165) is 12.1 Å². The minimum Gasteiger partial charge on any atom is -0.507 e. The van der Waals surface area contributed by atoms with E-state index in [0.29, 0.717) is 0 Å². The van der Waals surface area contributed by atoms with Crippen LogP contribution in [0.4, 0.5) is 0 Å². The molecule has 1 rings (SSSR count). The molecule has 0 aliphatic carbocycles. The van der Waals surface area contributed by atoms with Gasteiger partial charge < -0.3 is 10.2 Å². The van der Waals surface area contributed by atoms with Crippen LogP contribution in [0.5, 0.6) is 11.5 Å². The van der Waals surface area contributed by atoms with E-state index in [1.807, 2.05) is 0 Å². The lowest BCUT2D eigenvalue weighted by Crippen LogP contribution is -2.01. The Morgan fingerprint density at radius 2 is 1.21 bits per heavy atom. The zero-order chi connectivity index (χ0) is 10.9. The number of carbonyl (C=O) groups excluding carboxylic acids is 2. The summed E-state index contributed by atoms with van der Waals surface area (Å²) in [6.07, 6.45) is 0. The van der Waals surface area contributed by atoms with E-state index >= 15 is 0 Å². The first-order valence-electron chi connectivity index (χ1n) is 3.39. The fourth-order valence-corrected chi connectivity index (χ4v) is 1.36. The van der Waals surface area contributed by atoms with E-state index in [2.05, 4.69) is 0 Å². The largest absolute Gasteiger partial charge is 0.507 e. The van der Waals surface area contributed by atoms with Crippen LogP contribution in [0.1, 0.15) is 20.7 Å². The molecule has 0 saturated carbocycles. The number of phenolic OH excluding ortho intramolecular Hbond substituents is 2. The van der Waals surface area contributed by atoms with Crippen LogP contribution in [-0.2, 0) is 0 Å². The van der Waals surface area contributed by atoms with Gasteiger partial charge in [-0.15, -0.1) is 0 Å². The Hall–Kier alpha value is -1.26. The second-order valence-corrected chi connectivity index (χ2v) is 3.09. The van der Waals surface area contributed by atoms with Crippen LogP contribution < -0.4 is 0 Å². The maximum atomic E-state index is 10.8. The normalized spacial score (nSPS) is 9.86. The van der Waals surface area contributed by atoms with Gasteiger partial charge in [0.2, 0.25) is 0 Å². The van der Waals surface area contributed by atoms with Gasteiger partial charge in [-0.1, -0.05) is 0 Å². The number of phenols is 2. The number of aromatic hydroxyl groups is 2. The maximum Gasteiger partial charge on any atom is 0.257 e. The van der Waals surface area contributed by atoms with Crippen LogP contribution in [0.15, 0.2) is 12.1 Å². The van der Waals surface area contributed by atoms with Crippen molar-refractivity contribution in [2.75, 3.05) is 0 Å². The van der Waals surface area contributed by atoms with E-state index < -0.39 is 33.1 Å². The predicted molar refractivity (Wildman–Crippen MR) is 50.1 cm³/mol. The number of rotatable bonds is 2. The van der Waals surface area contributed by atoms with Crippen molar-refractivity contribution in [2.45, 2.75) is 0 Å². The highest BCUT2D eigenvalue weighted by Crippen LogP contribution is 2.31. The topological polar surface area (TPSA) is 74.6 Å². The molecule has 0 aliphatic rings. The van der Waals surface area contributed by atoms with Crippen LogP contribution in [0.25, 0.3) is 0 Å². The number of hydrogen-bond acceptors (Lipinski definition) is 4. The standard InChI is InChI=1S/C8H4Cl2O4/c9-7(13)5-3(11)1-2-4(12)6(5)8(10)14/h1-2,11-12H. The van der Waals surface area contributed by atoms with Crippen LogP contribution in [0.3, 0.4) is 0 Å². The summed E-state index contributed by atoms with van der Waals surface area (Å²) in [6.45, 7) is 0. The van der Waals surface area contributed by atoms with Gasteiger partial charge in [-0.3, -0.25) is 9.59 Å². The monoisotopic (exact) mass is 234 g/mol. The molecular weight excluding hydrogens is 231 g/mol. The molecule has 2 N–H and O–H groups in total. The summed E-state index contributed by atoms with van der Waals surface area (Å²) in [6, 6.07) is 2.07. The van der Waals surface area contributed by atoms with Crippen molar-refractivity contribution < 1.29 is 19.8 Å². The molecule has 0 radical (unpaired) electrons. The average molecular weight is 235 g/mol. The van der Waals surface area contributed by atoms with Crippen molar-refractivity contribution in [1.82, 2.24) is 0 Å². The molecule has 4 nitrogen and oxygen atoms in total. The molecule has 0 amide bonds. The van der Waals surface area contributed by atoms with Crippen molar-refractivity contribution in [1.29, 1.82) is 0 Å². The van der Waals surface area contributed by atoms with E-state index in [1.54, 1.807) is 0 Å². The highest BCUT2D eigenvalue weighted by molar-refractivity contribution is 6.72. The third-order valence-electron chi connectivity index (χ3n) is 1.55. The van der Waals surface area contributed by atoms with Crippen LogP contribution in [-0.4, -0.2) is 20.7 Å². The van der Waals surface area contributed by atoms with Gasteiger partial charge in [-0.2, -0.15) is 0 Å². The Labute approximate surface area is 88.7 Å². The second-order valence-electron chi connectivity index (χ2n) is 2.40. The summed E-state index contributed by atoms with van der Waals surface area (Å²) < 4.78 is 0. The lowest BCUT2D eigenvalue weighted by atomic mass is 10.1. The Bertz CT molecular complexity index is 375. The Kier molecular flexibility index (Phi) is 2.98. The lowest BCUT2D eigenvalue weighted by Gasteiger charge is -2.05. The zero-order valence-electron chi connectivity index (χ0n) is 6.62. The third kappa shape index (κ3) is 1.81. The molecule has 14 heavy (non-hydrogen) atoms. The molecule has 0 aliphatic heterocycles. The van der Waals surface area contributed by atoms with E-state index in [-0.39, 0.29) is 0 Å². The minimum atomic E-state index is -1.07. The molecule has 0 unspecified atom stereocenters. The highest BCUT2D eigenvalue weighted by Gasteiger charge is 2.22. The molecule has 0 atom stereocenters. The molecule has 1 aromatic rings. The first kappa shape index (κ1) is 10.8. The highest BCUT2D eigenvalue weighted by atomic mass is 35.5. The number of benzene rings is 1. The fraction of sp³-hybridized carbons (Fsp3) is 0. The molecule has 0 aromatic heterocycles. The molecule has 0 spiro atoms. The molecule has 0 saturated heterocycles. The van der Waals surface area contributed by atoms with Gasteiger partial charge in [0, 0.05) is 0 Å². The van der Waals surface area contributed by atoms with Gasteiger partial charge in [0.25, 0.3) is 10.5 Å². The molecule has 74 valence electrons. The van der Waals surface area contributed by atoms with Crippen LogP contribution in [0, 0.1) is 0 Å². The Balaban J connectivity index is 3.58. The van der Waals surface area contributed by atoms with E-state index in [1.165, 1.54) is 0 Å². The average Bonchev–Trinajstić information content (AvgIpc) is 2.07. The molecule has 1 aromatic carbocycles. The van der Waals surface area contributed by atoms with E-state index in [4.69, 9.17) is 23.2 Å². The zero-order valence-corrected chi connectivity index (χ0v) is 8.13. The summed E-state index contributed by atoms with van der Waals surface area (Å²) >= 11 is 10.2. The quantitative estimate of drug-likeness (QED) is 0.605. The second kappa shape index (κ2) is 3.86. The maximum absolute atomic E-state index is 10.8. The van der Waals surface area contributed by atoms with Gasteiger partial charge in [0.15, 0.2) is 0 Å². The Morgan fingerprint density at radius 3 is 1.43 bits per heavy atom. The van der Waals surface area contributed by atoms with Crippen molar-refractivity contribution in [3.05, 3.63) is 23.3 Å². The third-order valence-corrected chi connectivity index (χ3v) is 1.93. The SMILES string of the molecule is O=C(Cl)c1c(O)ccc(O)c1C(=O)Cl. The lowest BCUT2D eigenvalue weighted by molar-refractivity contribution is 0.104. The minimum absolute atomic E-state index is 0.494. The molecule has 0 fully saturated rings. The van der Waals surface area contributed by atoms with Crippen LogP contribution >= 0.6 is 23.2 Å². The molecule has 6 heteroatoms. The summed E-state index contributed by atoms with van der Waals surface area (Å²) in [5.41, 5.74) is -0.988. The summed E-state index contributed by atoms with van der Waals surface area (Å²) in [4.78, 5) is 21.7. The van der Waals surface area contributed by atoms with Crippen molar-refractivity contribution >= 4 is 33.7 Å². The number of halogens is 2. The van der Waals surface area contributed by atoms with Gasteiger partial charge in [-0.05, 0) is 35.3 Å². The van der Waals surface area contributed by atoms with Gasteiger partial charge >= 0.3 is 0 Å². The first-order valence-corrected chi connectivity index (χ1v) is 4.15. The Morgan fingerprint density at radius 1 is 0.929 bits per heavy atom. The van der Waals surface area contributed by atoms with Crippen molar-refractivity contribution in [3.63, 3.8) is 0 Å². The summed E-state index contributed by atoms with van der Waals surface area (Å²) in [5.74, 6) is -1.02. The molecule has 0 bridgehead atoms. The van der Waals surface area contributed by atoms with Crippen LogP contribution in [0.2, 0.25) is 0 Å². The number of hydrogen-bond donors (Lipinski definition) is 2. The van der Waals surface area contributed by atoms with Gasteiger partial charge in [-0.25, -0.2) is 0 Å². The van der Waals surface area contributed by atoms with Gasteiger partial charge in [0.05, 0.1) is 11.1 Å². The molecule has 0 heterocycles. The van der Waals surface area contributed by atoms with Crippen molar-refractivity contribution in [2.24, 2.45) is 0 Å². The van der Waals surface area contributed by atoms with Crippen molar-refractivity contribution in [3.8, 4) is 11.5 Å². The number of carbonyl (C=O) groups is 2. The van der Waals surface area contributed by atoms with E-state index in [9.17, 15) is 19.8 Å². The molecular formula is C8H4Cl2O4. The summed E-state index contributed by atoms with van der Waals surface area (Å²) in [5, 5.41) is 16.3. The predicted octanol–water partition coefficient (Wildman–Crippen LogP) is 1.86. The summed E-state index contributed by atoms with van der Waals surface area (Å²) in [7, 11) is 0. The first-order chi connectivity index (χ1) is 6.45. The smallest absolute Gasteiger partial charge is 0.257 e.